The second-order valence-electron chi connectivity index (χ2n) is 8.34. The lowest BCUT2D eigenvalue weighted by atomic mass is 9.71. The van der Waals surface area contributed by atoms with Crippen LogP contribution in [0.1, 0.15) is 89.9 Å². The Labute approximate surface area is 178 Å². The number of urea groups is 2. The third-order valence-electron chi connectivity index (χ3n) is 6.17. The quantitative estimate of drug-likeness (QED) is 0.505. The number of nitrogens with two attached hydrogens (primary N) is 2. The number of nitrogens with zero attached hydrogens (tertiary/aromatic N) is 2. The molecule has 0 aliphatic heterocycles. The maximum atomic E-state index is 10.9. The highest BCUT2D eigenvalue weighted by Crippen LogP contribution is 2.46. The normalized spacial score (nSPS) is 23.9. The van der Waals surface area contributed by atoms with Crippen molar-refractivity contribution in [3.63, 3.8) is 0 Å². The summed E-state index contributed by atoms with van der Waals surface area (Å²) in [7, 11) is 0. The molecule has 0 saturated heterocycles. The van der Waals surface area contributed by atoms with E-state index in [1.54, 1.807) is 22.3 Å². The van der Waals surface area contributed by atoms with E-state index in [1.165, 1.54) is 0 Å². The van der Waals surface area contributed by atoms with Gasteiger partial charge < -0.3 is 11.5 Å². The molecule has 0 spiro atoms. The van der Waals surface area contributed by atoms with E-state index < -0.39 is 12.1 Å². The maximum Gasteiger partial charge on any atom is 0.332 e. The van der Waals surface area contributed by atoms with Crippen molar-refractivity contribution in [1.82, 2.24) is 10.9 Å². The molecular formula is C22H34N6O2. The Morgan fingerprint density at radius 3 is 1.20 bits per heavy atom. The van der Waals surface area contributed by atoms with E-state index in [0.717, 1.165) is 101 Å². The van der Waals surface area contributed by atoms with Crippen molar-refractivity contribution >= 4 is 23.5 Å². The Kier molecular flexibility index (Phi) is 8.04. The van der Waals surface area contributed by atoms with Gasteiger partial charge in [0.2, 0.25) is 0 Å². The molecule has 3 aliphatic rings. The number of primary amides is 2. The minimum Gasteiger partial charge on any atom is -0.350 e. The van der Waals surface area contributed by atoms with Crippen molar-refractivity contribution in [3.8, 4) is 0 Å². The summed E-state index contributed by atoms with van der Waals surface area (Å²) >= 11 is 0. The first-order valence-corrected chi connectivity index (χ1v) is 11.2. The second kappa shape index (κ2) is 10.9. The van der Waals surface area contributed by atoms with Crippen molar-refractivity contribution in [2.45, 2.75) is 89.9 Å². The molecular weight excluding hydrogens is 380 g/mol. The standard InChI is InChI=1S/C22H34N6O2/c23-21(29)27-25-15-7-1-3-11-17-19(13-5-9-15)18-12-4-2-8-16(26-28-22(24)30)10-6-14-20(17)18/h1-14H2,(H3,23,27,29)(H3,24,28,30)/b25-15+,26-16+. The highest BCUT2D eigenvalue weighted by Gasteiger charge is 2.28. The lowest BCUT2D eigenvalue weighted by Crippen LogP contribution is -2.26. The first-order chi connectivity index (χ1) is 14.5. The molecule has 164 valence electrons. The van der Waals surface area contributed by atoms with E-state index in [9.17, 15) is 9.59 Å². The van der Waals surface area contributed by atoms with Crippen LogP contribution in [0.2, 0.25) is 0 Å². The van der Waals surface area contributed by atoms with E-state index in [2.05, 4.69) is 21.1 Å². The molecule has 0 aromatic heterocycles. The number of amides is 4. The van der Waals surface area contributed by atoms with E-state index >= 15 is 0 Å². The van der Waals surface area contributed by atoms with Crippen LogP contribution in [0, 0.1) is 0 Å². The Morgan fingerprint density at radius 1 is 0.533 bits per heavy atom. The van der Waals surface area contributed by atoms with Gasteiger partial charge in [-0.1, -0.05) is 0 Å². The van der Waals surface area contributed by atoms with Crippen molar-refractivity contribution in [1.29, 1.82) is 0 Å². The first kappa shape index (κ1) is 22.1. The molecule has 0 heterocycles. The van der Waals surface area contributed by atoms with Crippen LogP contribution < -0.4 is 22.3 Å². The fourth-order valence-corrected chi connectivity index (χ4v) is 4.82. The smallest absolute Gasteiger partial charge is 0.332 e. The van der Waals surface area contributed by atoms with Gasteiger partial charge in [-0.05, 0) is 112 Å². The van der Waals surface area contributed by atoms with Gasteiger partial charge in [0, 0.05) is 11.4 Å². The largest absolute Gasteiger partial charge is 0.350 e. The molecule has 8 nitrogen and oxygen atoms in total. The van der Waals surface area contributed by atoms with Crippen LogP contribution in [0.4, 0.5) is 9.59 Å². The number of carbonyl (C=O) groups excluding carboxylic acids is 2. The summed E-state index contributed by atoms with van der Waals surface area (Å²) in [6.07, 6.45) is 14.7. The summed E-state index contributed by atoms with van der Waals surface area (Å²) in [6.45, 7) is 0. The van der Waals surface area contributed by atoms with Crippen LogP contribution in [0.15, 0.2) is 32.5 Å². The maximum absolute atomic E-state index is 10.9. The van der Waals surface area contributed by atoms with E-state index in [0.29, 0.717) is 0 Å². The fourth-order valence-electron chi connectivity index (χ4n) is 4.82. The fraction of sp³-hybridized carbons (Fsp3) is 0.636. The van der Waals surface area contributed by atoms with Gasteiger partial charge in [-0.15, -0.1) is 0 Å². The summed E-state index contributed by atoms with van der Waals surface area (Å²) in [5.74, 6) is 0. The van der Waals surface area contributed by atoms with Gasteiger partial charge in [0.15, 0.2) is 0 Å². The predicted molar refractivity (Wildman–Crippen MR) is 119 cm³/mol. The van der Waals surface area contributed by atoms with Crippen molar-refractivity contribution in [3.05, 3.63) is 22.3 Å². The van der Waals surface area contributed by atoms with E-state index in [1.807, 2.05) is 0 Å². The van der Waals surface area contributed by atoms with Crippen LogP contribution in [0.3, 0.4) is 0 Å². The third-order valence-corrected chi connectivity index (χ3v) is 6.17. The number of carbonyl (C=O) groups is 2. The number of nitrogens with one attached hydrogen (secondary N) is 2. The van der Waals surface area contributed by atoms with Crippen molar-refractivity contribution < 1.29 is 9.59 Å². The highest BCUT2D eigenvalue weighted by atomic mass is 16.2. The van der Waals surface area contributed by atoms with Gasteiger partial charge in [-0.2, -0.15) is 10.2 Å². The monoisotopic (exact) mass is 414 g/mol. The molecule has 0 unspecified atom stereocenters. The molecule has 3 rings (SSSR count). The van der Waals surface area contributed by atoms with Crippen molar-refractivity contribution in [2.24, 2.45) is 21.7 Å². The zero-order valence-corrected chi connectivity index (χ0v) is 17.8. The molecule has 4 amide bonds. The molecule has 30 heavy (non-hydrogen) atoms. The van der Waals surface area contributed by atoms with Gasteiger partial charge in [0.25, 0.3) is 0 Å². The molecule has 0 bridgehead atoms. The SMILES string of the molecule is NC(=O)N/N=C1\CCCCC2=C(CCC1)C1=C2CCC/C(=N/NC(N)=O)CCCC1. The van der Waals surface area contributed by atoms with Crippen LogP contribution >= 0.6 is 0 Å². The number of hydrogen-bond acceptors (Lipinski definition) is 4. The van der Waals surface area contributed by atoms with Crippen LogP contribution in [0.5, 0.6) is 0 Å². The molecule has 0 fully saturated rings. The molecule has 0 radical (unpaired) electrons. The Bertz CT molecular complexity index is 716. The second-order valence-corrected chi connectivity index (χ2v) is 8.34. The number of fused-ring (bicyclic) bond motifs is 2. The summed E-state index contributed by atoms with van der Waals surface area (Å²) in [5, 5.41) is 8.40. The predicted octanol–water partition coefficient (Wildman–Crippen LogP) is 4.13. The number of hydrogen-bond donors (Lipinski definition) is 4. The Morgan fingerprint density at radius 2 is 0.833 bits per heavy atom. The summed E-state index contributed by atoms with van der Waals surface area (Å²) in [4.78, 5) is 21.9. The Hall–Kier alpha value is -2.64. The molecule has 3 aliphatic carbocycles. The topological polar surface area (TPSA) is 135 Å². The van der Waals surface area contributed by atoms with Crippen LogP contribution in [0.25, 0.3) is 0 Å². The zero-order valence-electron chi connectivity index (χ0n) is 17.8. The zero-order chi connectivity index (χ0) is 21.3. The average molecular weight is 415 g/mol. The lowest BCUT2D eigenvalue weighted by molar-refractivity contribution is 0.248. The van der Waals surface area contributed by atoms with Gasteiger partial charge in [0.05, 0.1) is 0 Å². The minimum absolute atomic E-state index is 0.599. The highest BCUT2D eigenvalue weighted by molar-refractivity contribution is 5.86. The Balaban J connectivity index is 1.62. The lowest BCUT2D eigenvalue weighted by Gasteiger charge is -2.34. The molecule has 8 heteroatoms. The van der Waals surface area contributed by atoms with Gasteiger partial charge >= 0.3 is 12.1 Å². The number of hydrazone groups is 2. The third kappa shape index (κ3) is 6.18. The molecule has 0 saturated carbocycles. The van der Waals surface area contributed by atoms with Crippen LogP contribution in [-0.2, 0) is 0 Å². The van der Waals surface area contributed by atoms with E-state index in [4.69, 9.17) is 11.5 Å². The van der Waals surface area contributed by atoms with Crippen LogP contribution in [-0.4, -0.2) is 23.5 Å². The van der Waals surface area contributed by atoms with Crippen molar-refractivity contribution in [2.75, 3.05) is 0 Å². The van der Waals surface area contributed by atoms with Gasteiger partial charge in [-0.25, -0.2) is 20.4 Å². The number of allylic oxidation sites excluding steroid dienone is 4. The van der Waals surface area contributed by atoms with Gasteiger partial charge in [0.1, 0.15) is 0 Å². The number of rotatable bonds is 2. The van der Waals surface area contributed by atoms with E-state index in [-0.39, 0.29) is 0 Å². The minimum atomic E-state index is -0.599. The molecule has 0 aromatic rings. The molecule has 0 aromatic carbocycles. The molecule has 0 atom stereocenters. The summed E-state index contributed by atoms with van der Waals surface area (Å²) in [5.41, 5.74) is 23.6. The summed E-state index contributed by atoms with van der Waals surface area (Å²) in [6, 6.07) is -1.20. The van der Waals surface area contributed by atoms with Gasteiger partial charge in [-0.3, -0.25) is 0 Å². The molecule has 6 N–H and O–H groups in total. The first-order valence-electron chi connectivity index (χ1n) is 11.2. The summed E-state index contributed by atoms with van der Waals surface area (Å²) < 4.78 is 0. The average Bonchev–Trinajstić information content (AvgIpc) is 2.71.